The quantitative estimate of drug-likeness (QED) is 0.662. The van der Waals surface area contributed by atoms with Crippen LogP contribution in [0.15, 0.2) is 56.6 Å². The van der Waals surface area contributed by atoms with Crippen LogP contribution in [0.1, 0.15) is 11.1 Å². The van der Waals surface area contributed by atoms with Gasteiger partial charge in [0.2, 0.25) is 0 Å². The molecular formula is C18H16N2O4S. The van der Waals surface area contributed by atoms with E-state index >= 15 is 0 Å². The number of amides is 1. The summed E-state index contributed by atoms with van der Waals surface area (Å²) in [6.07, 6.45) is 1.70. The van der Waals surface area contributed by atoms with Gasteiger partial charge in [-0.05, 0) is 41.5 Å². The number of aromatic amines is 1. The summed E-state index contributed by atoms with van der Waals surface area (Å²) in [7, 11) is 1.61. The first-order chi connectivity index (χ1) is 12.0. The molecule has 0 unspecified atom stereocenters. The second-order valence-electron chi connectivity index (χ2n) is 5.28. The van der Waals surface area contributed by atoms with E-state index in [0.29, 0.717) is 21.8 Å². The van der Waals surface area contributed by atoms with Crippen LogP contribution >= 0.6 is 11.8 Å². The van der Waals surface area contributed by atoms with Gasteiger partial charge in [-0.2, -0.15) is 0 Å². The highest BCUT2D eigenvalue weighted by atomic mass is 32.2. The summed E-state index contributed by atoms with van der Waals surface area (Å²) >= 11 is 1.35. The molecule has 1 amide bonds. The predicted molar refractivity (Wildman–Crippen MR) is 98.3 cm³/mol. The number of oxazole rings is 1. The molecule has 0 atom stereocenters. The van der Waals surface area contributed by atoms with E-state index in [1.807, 2.05) is 24.3 Å². The minimum Gasteiger partial charge on any atom is -0.497 e. The van der Waals surface area contributed by atoms with E-state index in [1.165, 1.54) is 11.8 Å². The van der Waals surface area contributed by atoms with Crippen LogP contribution in [-0.4, -0.2) is 18.0 Å². The smallest absolute Gasteiger partial charge is 0.417 e. The zero-order chi connectivity index (χ0) is 17.8. The maximum absolute atomic E-state index is 11.7. The van der Waals surface area contributed by atoms with Crippen molar-refractivity contribution in [3.05, 3.63) is 69.0 Å². The minimum absolute atomic E-state index is 0.431. The van der Waals surface area contributed by atoms with Gasteiger partial charge >= 0.3 is 5.76 Å². The van der Waals surface area contributed by atoms with Crippen LogP contribution < -0.4 is 16.2 Å². The van der Waals surface area contributed by atoms with E-state index in [9.17, 15) is 9.59 Å². The number of nitrogens with two attached hydrogens (primary N) is 1. The van der Waals surface area contributed by atoms with E-state index in [1.54, 1.807) is 31.4 Å². The number of carbonyl (C=O) groups is 1. The highest BCUT2D eigenvalue weighted by molar-refractivity contribution is 8.03. The highest BCUT2D eigenvalue weighted by Crippen LogP contribution is 2.25. The third-order valence-electron chi connectivity index (χ3n) is 3.54. The largest absolute Gasteiger partial charge is 0.497 e. The van der Waals surface area contributed by atoms with Gasteiger partial charge in [0.25, 0.3) is 5.91 Å². The van der Waals surface area contributed by atoms with Crippen molar-refractivity contribution >= 4 is 34.8 Å². The zero-order valence-electron chi connectivity index (χ0n) is 13.4. The number of ether oxygens (including phenoxy) is 1. The molecule has 2 aromatic carbocycles. The van der Waals surface area contributed by atoms with Gasteiger partial charge in [-0.3, -0.25) is 9.78 Å². The zero-order valence-corrected chi connectivity index (χ0v) is 14.3. The molecule has 0 saturated heterocycles. The molecule has 3 rings (SSSR count). The number of carbonyl (C=O) groups excluding carboxylic acids is 1. The van der Waals surface area contributed by atoms with Gasteiger partial charge in [0.1, 0.15) is 5.75 Å². The number of nitrogens with one attached hydrogen (secondary N) is 1. The van der Waals surface area contributed by atoms with Gasteiger partial charge in [-0.15, -0.1) is 11.8 Å². The fraction of sp³-hybridized carbons (Fsp3) is 0.111. The molecule has 1 aromatic heterocycles. The number of methoxy groups -OCH3 is 1. The Kier molecular flexibility index (Phi) is 4.95. The lowest BCUT2D eigenvalue weighted by Gasteiger charge is -2.05. The second-order valence-corrected chi connectivity index (χ2v) is 6.30. The third-order valence-corrected chi connectivity index (χ3v) is 4.64. The number of H-pyrrole nitrogens is 1. The lowest BCUT2D eigenvalue weighted by molar-refractivity contribution is -0.113. The Morgan fingerprint density at radius 1 is 1.28 bits per heavy atom. The van der Waals surface area contributed by atoms with Crippen LogP contribution in [0.2, 0.25) is 0 Å². The summed E-state index contributed by atoms with van der Waals surface area (Å²) < 4.78 is 10.1. The molecular weight excluding hydrogens is 340 g/mol. The molecule has 6 nitrogen and oxygen atoms in total. The molecule has 128 valence electrons. The number of thioether (sulfide) groups is 1. The molecule has 0 aliphatic carbocycles. The van der Waals surface area contributed by atoms with E-state index < -0.39 is 11.7 Å². The molecule has 0 spiro atoms. The van der Waals surface area contributed by atoms with Gasteiger partial charge in [-0.25, -0.2) is 4.79 Å². The Morgan fingerprint density at radius 3 is 2.72 bits per heavy atom. The Morgan fingerprint density at radius 2 is 2.04 bits per heavy atom. The molecule has 0 aliphatic rings. The van der Waals surface area contributed by atoms with Crippen molar-refractivity contribution in [3.8, 4) is 5.75 Å². The Balaban J connectivity index is 1.79. The number of benzene rings is 2. The normalized spacial score (nSPS) is 11.6. The summed E-state index contributed by atoms with van der Waals surface area (Å²) in [5.41, 5.74) is 8.32. The van der Waals surface area contributed by atoms with Gasteiger partial charge in [0.05, 0.1) is 17.5 Å². The first kappa shape index (κ1) is 16.9. The van der Waals surface area contributed by atoms with E-state index in [-0.39, 0.29) is 0 Å². The van der Waals surface area contributed by atoms with Crippen LogP contribution in [0.25, 0.3) is 17.2 Å². The molecule has 3 aromatic rings. The summed E-state index contributed by atoms with van der Waals surface area (Å²) in [4.78, 5) is 26.0. The van der Waals surface area contributed by atoms with Gasteiger partial charge in [0.15, 0.2) is 5.58 Å². The molecule has 0 radical (unpaired) electrons. The molecule has 7 heteroatoms. The summed E-state index contributed by atoms with van der Waals surface area (Å²) in [5, 5.41) is 0. The van der Waals surface area contributed by atoms with Crippen molar-refractivity contribution in [2.75, 3.05) is 7.11 Å². The summed E-state index contributed by atoms with van der Waals surface area (Å²) in [5.74, 6) is 0.366. The van der Waals surface area contributed by atoms with Crippen molar-refractivity contribution in [1.29, 1.82) is 0 Å². The van der Waals surface area contributed by atoms with Crippen LogP contribution in [0.5, 0.6) is 5.75 Å². The maximum Gasteiger partial charge on any atom is 0.417 e. The molecule has 0 aliphatic heterocycles. The van der Waals surface area contributed by atoms with E-state index in [2.05, 4.69) is 4.98 Å². The fourth-order valence-corrected chi connectivity index (χ4v) is 3.15. The minimum atomic E-state index is -0.514. The standard InChI is InChI=1S/C18H16N2O4S/c1-23-13-5-2-11(3-6-13)10-25-16(17(19)21)9-12-4-7-15-14(8-12)20-18(22)24-15/h2-9H,10H2,1H3,(H2,19,21)(H,20,22)/b16-9+. The molecule has 0 saturated carbocycles. The van der Waals surface area contributed by atoms with Gasteiger partial charge in [0, 0.05) is 5.75 Å². The predicted octanol–water partition coefficient (Wildman–Crippen LogP) is 2.89. The Hall–Kier alpha value is -2.93. The number of aromatic nitrogens is 1. The second kappa shape index (κ2) is 7.31. The number of primary amides is 1. The van der Waals surface area contributed by atoms with Crippen LogP contribution in [0, 0.1) is 0 Å². The number of rotatable bonds is 6. The number of hydrogen-bond donors (Lipinski definition) is 2. The average molecular weight is 356 g/mol. The van der Waals surface area contributed by atoms with E-state index in [0.717, 1.165) is 16.9 Å². The first-order valence-corrected chi connectivity index (χ1v) is 8.44. The van der Waals surface area contributed by atoms with Crippen LogP contribution in [-0.2, 0) is 10.5 Å². The van der Waals surface area contributed by atoms with Crippen molar-refractivity contribution in [2.45, 2.75) is 5.75 Å². The molecule has 25 heavy (non-hydrogen) atoms. The van der Waals surface area contributed by atoms with E-state index in [4.69, 9.17) is 14.9 Å². The van der Waals surface area contributed by atoms with Crippen molar-refractivity contribution in [3.63, 3.8) is 0 Å². The molecule has 0 fully saturated rings. The molecule has 3 N–H and O–H groups in total. The highest BCUT2D eigenvalue weighted by Gasteiger charge is 2.08. The SMILES string of the molecule is COc1ccc(CS/C(=C/c2ccc3oc(=O)[nH]c3c2)C(N)=O)cc1. The molecule has 1 heterocycles. The van der Waals surface area contributed by atoms with Gasteiger partial charge in [-0.1, -0.05) is 18.2 Å². The van der Waals surface area contributed by atoms with Crippen molar-refractivity contribution in [2.24, 2.45) is 5.73 Å². The Bertz CT molecular complexity index is 986. The molecule has 0 bridgehead atoms. The van der Waals surface area contributed by atoms with Crippen molar-refractivity contribution < 1.29 is 13.9 Å². The van der Waals surface area contributed by atoms with Crippen LogP contribution in [0.3, 0.4) is 0 Å². The maximum atomic E-state index is 11.7. The topological polar surface area (TPSA) is 98.3 Å². The van der Waals surface area contributed by atoms with Crippen LogP contribution in [0.4, 0.5) is 0 Å². The fourth-order valence-electron chi connectivity index (χ4n) is 2.28. The summed E-state index contributed by atoms with van der Waals surface area (Å²) in [6.45, 7) is 0. The first-order valence-electron chi connectivity index (χ1n) is 7.45. The lowest BCUT2D eigenvalue weighted by Crippen LogP contribution is -2.11. The van der Waals surface area contributed by atoms with Gasteiger partial charge < -0.3 is 14.9 Å². The number of fused-ring (bicyclic) bond motifs is 1. The Labute approximate surface area is 147 Å². The van der Waals surface area contributed by atoms with Crippen molar-refractivity contribution in [1.82, 2.24) is 4.98 Å². The third kappa shape index (κ3) is 4.13. The summed E-state index contributed by atoms with van der Waals surface area (Å²) in [6, 6.07) is 12.8. The number of hydrogen-bond acceptors (Lipinski definition) is 5. The monoisotopic (exact) mass is 356 g/mol. The average Bonchev–Trinajstić information content (AvgIpc) is 2.98. The lowest BCUT2D eigenvalue weighted by atomic mass is 10.2.